The van der Waals surface area contributed by atoms with E-state index in [9.17, 15) is 30.3 Å². The Morgan fingerprint density at radius 1 is 0.524 bits per heavy atom. The van der Waals surface area contributed by atoms with Crippen LogP contribution in [-0.4, -0.2) is 87.5 Å². The second-order valence-corrected chi connectivity index (χ2v) is 18.3. The quantitative estimate of drug-likeness (QED) is 0.0262. The first-order chi connectivity index (χ1) is 30.8. The Bertz CT molecular complexity index is 1130. The molecule has 7 atom stereocenters. The molecule has 7 unspecified atom stereocenters. The van der Waals surface area contributed by atoms with Gasteiger partial charge >= 0.3 is 0 Å². The molecule has 0 aromatic carbocycles. The summed E-state index contributed by atoms with van der Waals surface area (Å²) in [5, 5.41) is 54.2. The van der Waals surface area contributed by atoms with Gasteiger partial charge in [-0.1, -0.05) is 204 Å². The van der Waals surface area contributed by atoms with Crippen LogP contribution in [0.1, 0.15) is 232 Å². The molecule has 1 fully saturated rings. The van der Waals surface area contributed by atoms with Crippen molar-refractivity contribution in [3.8, 4) is 0 Å². The average molecular weight is 890 g/mol. The van der Waals surface area contributed by atoms with E-state index in [-0.39, 0.29) is 12.5 Å². The van der Waals surface area contributed by atoms with E-state index in [1.54, 1.807) is 6.08 Å². The van der Waals surface area contributed by atoms with E-state index in [4.69, 9.17) is 9.47 Å². The number of rotatable bonds is 44. The lowest BCUT2D eigenvalue weighted by Gasteiger charge is -2.40. The number of hydrogen-bond donors (Lipinski definition) is 6. The summed E-state index contributed by atoms with van der Waals surface area (Å²) < 4.78 is 11.2. The molecule has 368 valence electrons. The Morgan fingerprint density at radius 3 is 1.37 bits per heavy atom. The molecular weight excluding hydrogens is 791 g/mol. The highest BCUT2D eigenvalue weighted by Gasteiger charge is 2.44. The van der Waals surface area contributed by atoms with Crippen molar-refractivity contribution in [2.45, 2.75) is 275 Å². The van der Waals surface area contributed by atoms with Crippen molar-refractivity contribution in [3.63, 3.8) is 0 Å². The first-order valence-corrected chi connectivity index (χ1v) is 26.4. The van der Waals surface area contributed by atoms with Gasteiger partial charge in [0.25, 0.3) is 0 Å². The molecule has 1 aliphatic heterocycles. The van der Waals surface area contributed by atoms with Crippen LogP contribution in [0.4, 0.5) is 0 Å². The highest BCUT2D eigenvalue weighted by Crippen LogP contribution is 2.23. The zero-order chi connectivity index (χ0) is 45.9. The van der Waals surface area contributed by atoms with Crippen molar-refractivity contribution >= 4 is 5.91 Å². The van der Waals surface area contributed by atoms with Gasteiger partial charge in [-0.25, -0.2) is 0 Å². The molecule has 0 aromatic heterocycles. The molecule has 0 bridgehead atoms. The van der Waals surface area contributed by atoms with Gasteiger partial charge in [0.2, 0.25) is 5.91 Å². The SMILES string of the molecule is CCCCC/C=C\CCCCCCCC(=O)NC(COC1OC(CO)C(O)C(O)C1O)C(O)/C=C/CC/C=C/CC/C=C/CCCCCCCCCCCCCCCCCCCC. The maximum Gasteiger partial charge on any atom is 0.220 e. The van der Waals surface area contributed by atoms with Gasteiger partial charge in [-0.3, -0.25) is 4.79 Å². The lowest BCUT2D eigenvalue weighted by atomic mass is 9.99. The molecule has 63 heavy (non-hydrogen) atoms. The Balaban J connectivity index is 2.26. The average Bonchev–Trinajstić information content (AvgIpc) is 3.28. The van der Waals surface area contributed by atoms with E-state index in [0.29, 0.717) is 6.42 Å². The highest BCUT2D eigenvalue weighted by molar-refractivity contribution is 5.76. The third-order valence-electron chi connectivity index (χ3n) is 12.4. The number of unbranched alkanes of at least 4 members (excludes halogenated alkanes) is 28. The second kappa shape index (κ2) is 44.0. The van der Waals surface area contributed by atoms with E-state index in [0.717, 1.165) is 70.6 Å². The van der Waals surface area contributed by atoms with Gasteiger partial charge in [0.15, 0.2) is 6.29 Å². The normalized spacial score (nSPS) is 20.5. The van der Waals surface area contributed by atoms with Crippen LogP contribution in [-0.2, 0) is 14.3 Å². The molecule has 0 saturated carbocycles. The van der Waals surface area contributed by atoms with Crippen molar-refractivity contribution in [3.05, 3.63) is 48.6 Å². The Hall–Kier alpha value is -1.85. The Labute approximate surface area is 386 Å². The minimum Gasteiger partial charge on any atom is -0.394 e. The molecule has 9 nitrogen and oxygen atoms in total. The summed E-state index contributed by atoms with van der Waals surface area (Å²) in [6.07, 6.45) is 50.4. The number of aliphatic hydroxyl groups is 5. The molecule has 1 aliphatic rings. The molecule has 0 aromatic rings. The zero-order valence-corrected chi connectivity index (χ0v) is 40.6. The minimum absolute atomic E-state index is 0.202. The lowest BCUT2D eigenvalue weighted by molar-refractivity contribution is -0.302. The molecule has 0 radical (unpaired) electrons. The highest BCUT2D eigenvalue weighted by atomic mass is 16.7. The van der Waals surface area contributed by atoms with Crippen LogP contribution >= 0.6 is 0 Å². The molecule has 1 saturated heterocycles. The Kier molecular flexibility index (Phi) is 41.3. The van der Waals surface area contributed by atoms with Crippen molar-refractivity contribution in [2.24, 2.45) is 0 Å². The summed E-state index contributed by atoms with van der Waals surface area (Å²) in [6, 6.07) is -0.832. The van der Waals surface area contributed by atoms with Crippen molar-refractivity contribution in [1.29, 1.82) is 0 Å². The van der Waals surface area contributed by atoms with Gasteiger partial charge in [-0.2, -0.15) is 0 Å². The molecule has 9 heteroatoms. The van der Waals surface area contributed by atoms with E-state index < -0.39 is 49.5 Å². The second-order valence-electron chi connectivity index (χ2n) is 18.3. The molecule has 1 heterocycles. The number of carbonyl (C=O) groups excluding carboxylic acids is 1. The number of hydrogen-bond acceptors (Lipinski definition) is 8. The molecular formula is C54H99NO8. The smallest absolute Gasteiger partial charge is 0.220 e. The standard InChI is InChI=1S/C54H99NO8/c1-3-5-7-9-11-13-15-17-18-19-20-21-22-23-24-25-26-27-28-29-30-31-32-33-35-37-39-41-43-48(57)47(46-62-54-53(61)52(60)51(59)49(45-56)63-54)55-50(58)44-42-40-38-36-34-16-14-12-10-8-6-4-2/h12,14,29-30,33,35,41,43,47-49,51-54,56-57,59-61H,3-11,13,15-28,31-32,34,36-40,42,44-46H2,1-2H3,(H,55,58)/b14-12-,30-29+,35-33+,43-41+. The maximum atomic E-state index is 12.9. The summed E-state index contributed by atoms with van der Waals surface area (Å²) in [5.74, 6) is -0.202. The maximum absolute atomic E-state index is 12.9. The number of allylic oxidation sites excluding steroid dienone is 7. The fraction of sp³-hybridized carbons (Fsp3) is 0.833. The zero-order valence-electron chi connectivity index (χ0n) is 40.6. The number of amides is 1. The van der Waals surface area contributed by atoms with Crippen molar-refractivity contribution in [1.82, 2.24) is 5.32 Å². The molecule has 6 N–H and O–H groups in total. The first kappa shape index (κ1) is 59.2. The van der Waals surface area contributed by atoms with Gasteiger partial charge in [-0.15, -0.1) is 0 Å². The van der Waals surface area contributed by atoms with Gasteiger partial charge in [0.05, 0.1) is 25.4 Å². The third-order valence-corrected chi connectivity index (χ3v) is 12.4. The third kappa shape index (κ3) is 34.2. The minimum atomic E-state index is -1.58. The number of aliphatic hydroxyl groups excluding tert-OH is 5. The first-order valence-electron chi connectivity index (χ1n) is 26.4. The Morgan fingerprint density at radius 2 is 0.905 bits per heavy atom. The van der Waals surface area contributed by atoms with Gasteiger partial charge < -0.3 is 40.3 Å². The van der Waals surface area contributed by atoms with Gasteiger partial charge in [-0.05, 0) is 70.6 Å². The fourth-order valence-corrected chi connectivity index (χ4v) is 8.12. The molecule has 0 spiro atoms. The summed E-state index contributed by atoms with van der Waals surface area (Å²) in [7, 11) is 0. The summed E-state index contributed by atoms with van der Waals surface area (Å²) in [4.78, 5) is 12.9. The van der Waals surface area contributed by atoms with E-state index in [1.807, 2.05) is 6.08 Å². The predicted molar refractivity (Wildman–Crippen MR) is 263 cm³/mol. The topological polar surface area (TPSA) is 149 Å². The molecule has 1 rings (SSSR count). The van der Waals surface area contributed by atoms with Crippen LogP contribution < -0.4 is 5.32 Å². The van der Waals surface area contributed by atoms with Crippen LogP contribution in [0.25, 0.3) is 0 Å². The monoisotopic (exact) mass is 890 g/mol. The van der Waals surface area contributed by atoms with E-state index in [2.05, 4.69) is 55.6 Å². The predicted octanol–water partition coefficient (Wildman–Crippen LogP) is 12.2. The summed E-state index contributed by atoms with van der Waals surface area (Å²) in [5.41, 5.74) is 0. The van der Waals surface area contributed by atoms with Crippen LogP contribution in [0.5, 0.6) is 0 Å². The van der Waals surface area contributed by atoms with Crippen molar-refractivity contribution in [2.75, 3.05) is 13.2 Å². The number of ether oxygens (including phenoxy) is 2. The largest absolute Gasteiger partial charge is 0.394 e. The fourth-order valence-electron chi connectivity index (χ4n) is 8.12. The van der Waals surface area contributed by atoms with Gasteiger partial charge in [0.1, 0.15) is 24.4 Å². The van der Waals surface area contributed by atoms with Crippen LogP contribution in [0.3, 0.4) is 0 Å². The molecule has 0 aliphatic carbocycles. The van der Waals surface area contributed by atoms with Crippen LogP contribution in [0.15, 0.2) is 48.6 Å². The van der Waals surface area contributed by atoms with E-state index in [1.165, 1.54) is 141 Å². The number of carbonyl (C=O) groups is 1. The van der Waals surface area contributed by atoms with Crippen LogP contribution in [0.2, 0.25) is 0 Å². The van der Waals surface area contributed by atoms with E-state index >= 15 is 0 Å². The van der Waals surface area contributed by atoms with Gasteiger partial charge in [0, 0.05) is 6.42 Å². The van der Waals surface area contributed by atoms with Crippen LogP contribution in [0, 0.1) is 0 Å². The van der Waals surface area contributed by atoms with Crippen molar-refractivity contribution < 1.29 is 39.8 Å². The number of nitrogens with one attached hydrogen (secondary N) is 1. The summed E-state index contributed by atoms with van der Waals surface area (Å²) in [6.45, 7) is 3.73. The molecule has 1 amide bonds. The lowest BCUT2D eigenvalue weighted by Crippen LogP contribution is -2.60. The summed E-state index contributed by atoms with van der Waals surface area (Å²) >= 11 is 0.